The highest BCUT2D eigenvalue weighted by Gasteiger charge is 2.12. The third kappa shape index (κ3) is 5.06. The Kier molecular flexibility index (Phi) is 5.68. The lowest BCUT2D eigenvalue weighted by atomic mass is 10.1. The van der Waals surface area contributed by atoms with Crippen molar-refractivity contribution >= 4 is 11.7 Å². The molecule has 0 radical (unpaired) electrons. The first-order chi connectivity index (χ1) is 11.0. The third-order valence-electron chi connectivity index (χ3n) is 3.62. The van der Waals surface area contributed by atoms with Gasteiger partial charge in [0.1, 0.15) is 17.3 Å². The minimum absolute atomic E-state index is 0.126. The average molecular weight is 312 g/mol. The Morgan fingerprint density at radius 2 is 2.00 bits per heavy atom. The van der Waals surface area contributed by atoms with Crippen molar-refractivity contribution in [3.05, 3.63) is 53.0 Å². The van der Waals surface area contributed by atoms with E-state index in [-0.39, 0.29) is 11.9 Å². The van der Waals surface area contributed by atoms with Crippen molar-refractivity contribution < 1.29 is 4.79 Å². The van der Waals surface area contributed by atoms with E-state index in [2.05, 4.69) is 45.7 Å². The highest BCUT2D eigenvalue weighted by molar-refractivity contribution is 5.93. The van der Waals surface area contributed by atoms with Crippen LogP contribution < -0.4 is 10.6 Å². The van der Waals surface area contributed by atoms with Crippen molar-refractivity contribution in [1.82, 2.24) is 15.3 Å². The van der Waals surface area contributed by atoms with Crippen LogP contribution in [0.2, 0.25) is 0 Å². The molecule has 0 aliphatic heterocycles. The van der Waals surface area contributed by atoms with Gasteiger partial charge in [-0.25, -0.2) is 9.97 Å². The summed E-state index contributed by atoms with van der Waals surface area (Å²) in [5.74, 6) is 1.07. The molecule has 2 N–H and O–H groups in total. The highest BCUT2D eigenvalue weighted by atomic mass is 16.1. The largest absolute Gasteiger partial charge is 0.366 e. The van der Waals surface area contributed by atoms with E-state index in [0.29, 0.717) is 23.9 Å². The molecule has 1 atom stereocenters. The maximum absolute atomic E-state index is 12.2. The van der Waals surface area contributed by atoms with E-state index >= 15 is 0 Å². The number of amides is 1. The van der Waals surface area contributed by atoms with Gasteiger partial charge in [0, 0.05) is 18.7 Å². The Morgan fingerprint density at radius 3 is 2.70 bits per heavy atom. The lowest BCUT2D eigenvalue weighted by Gasteiger charge is -2.12. The number of carbonyl (C=O) groups is 1. The number of aryl methyl sites for hydroxylation is 2. The van der Waals surface area contributed by atoms with Crippen LogP contribution in [-0.2, 0) is 6.54 Å². The van der Waals surface area contributed by atoms with Crippen molar-refractivity contribution in [1.29, 1.82) is 0 Å². The monoisotopic (exact) mass is 312 g/mol. The third-order valence-corrected chi connectivity index (χ3v) is 3.62. The zero-order valence-corrected chi connectivity index (χ0v) is 14.2. The maximum Gasteiger partial charge on any atom is 0.270 e. The van der Waals surface area contributed by atoms with Gasteiger partial charge in [-0.3, -0.25) is 4.79 Å². The number of hydrogen-bond acceptors (Lipinski definition) is 4. The fraction of sp³-hybridized carbons (Fsp3) is 0.389. The van der Waals surface area contributed by atoms with Gasteiger partial charge in [-0.1, -0.05) is 36.8 Å². The molecule has 0 bridgehead atoms. The van der Waals surface area contributed by atoms with Crippen LogP contribution in [0.3, 0.4) is 0 Å². The normalized spacial score (nSPS) is 11.8. The van der Waals surface area contributed by atoms with Gasteiger partial charge < -0.3 is 10.6 Å². The Labute approximate surface area is 137 Å². The number of benzene rings is 1. The number of rotatable bonds is 6. The van der Waals surface area contributed by atoms with Crippen LogP contribution >= 0.6 is 0 Å². The summed E-state index contributed by atoms with van der Waals surface area (Å²) in [5.41, 5.74) is 2.79. The van der Waals surface area contributed by atoms with Gasteiger partial charge in [-0.2, -0.15) is 0 Å². The molecule has 0 spiro atoms. The second-order valence-electron chi connectivity index (χ2n) is 5.81. The van der Waals surface area contributed by atoms with Crippen LogP contribution in [0.5, 0.6) is 0 Å². The average Bonchev–Trinajstić information content (AvgIpc) is 2.52. The second kappa shape index (κ2) is 7.72. The molecule has 5 heteroatoms. The van der Waals surface area contributed by atoms with Gasteiger partial charge in [-0.15, -0.1) is 0 Å². The molecule has 1 amide bonds. The van der Waals surface area contributed by atoms with Crippen LogP contribution in [-0.4, -0.2) is 21.9 Å². The van der Waals surface area contributed by atoms with Crippen LogP contribution in [0.1, 0.15) is 47.7 Å². The lowest BCUT2D eigenvalue weighted by Crippen LogP contribution is -2.32. The fourth-order valence-electron chi connectivity index (χ4n) is 2.19. The van der Waals surface area contributed by atoms with E-state index in [1.165, 1.54) is 11.1 Å². The molecule has 0 aliphatic carbocycles. The highest BCUT2D eigenvalue weighted by Crippen LogP contribution is 2.10. The van der Waals surface area contributed by atoms with E-state index in [1.54, 1.807) is 13.0 Å². The number of carbonyl (C=O) groups excluding carboxylic acids is 1. The molecule has 0 saturated carbocycles. The lowest BCUT2D eigenvalue weighted by molar-refractivity contribution is 0.0934. The van der Waals surface area contributed by atoms with Gasteiger partial charge in [0.2, 0.25) is 0 Å². The quantitative estimate of drug-likeness (QED) is 0.859. The molecule has 0 aliphatic rings. The summed E-state index contributed by atoms with van der Waals surface area (Å²) in [6.45, 7) is 8.52. The number of aromatic nitrogens is 2. The predicted octanol–water partition coefficient (Wildman–Crippen LogP) is 3.23. The van der Waals surface area contributed by atoms with Crippen molar-refractivity contribution in [2.24, 2.45) is 0 Å². The van der Waals surface area contributed by atoms with Gasteiger partial charge in [0.15, 0.2) is 0 Å². The van der Waals surface area contributed by atoms with Crippen molar-refractivity contribution in [2.45, 2.75) is 46.7 Å². The van der Waals surface area contributed by atoms with Crippen molar-refractivity contribution in [3.8, 4) is 0 Å². The van der Waals surface area contributed by atoms with Crippen molar-refractivity contribution in [3.63, 3.8) is 0 Å². The van der Waals surface area contributed by atoms with E-state index in [4.69, 9.17) is 0 Å². The van der Waals surface area contributed by atoms with Gasteiger partial charge in [-0.05, 0) is 32.8 Å². The molecule has 1 aromatic carbocycles. The first kappa shape index (κ1) is 16.9. The number of nitrogens with zero attached hydrogens (tertiary/aromatic N) is 2. The summed E-state index contributed by atoms with van der Waals surface area (Å²) in [6, 6.07) is 10.1. The summed E-state index contributed by atoms with van der Waals surface area (Å²) in [7, 11) is 0. The second-order valence-corrected chi connectivity index (χ2v) is 5.81. The molecule has 23 heavy (non-hydrogen) atoms. The van der Waals surface area contributed by atoms with Crippen molar-refractivity contribution in [2.75, 3.05) is 5.32 Å². The number of hydrogen-bond donors (Lipinski definition) is 2. The van der Waals surface area contributed by atoms with Gasteiger partial charge >= 0.3 is 0 Å². The zero-order chi connectivity index (χ0) is 16.8. The van der Waals surface area contributed by atoms with Crippen LogP contribution in [0.15, 0.2) is 30.3 Å². The molecule has 1 heterocycles. The predicted molar refractivity (Wildman–Crippen MR) is 92.5 cm³/mol. The molecular weight excluding hydrogens is 288 g/mol. The summed E-state index contributed by atoms with van der Waals surface area (Å²) in [5, 5.41) is 6.19. The van der Waals surface area contributed by atoms with E-state index in [9.17, 15) is 4.79 Å². The maximum atomic E-state index is 12.2. The molecule has 5 nitrogen and oxygen atoms in total. The van der Waals surface area contributed by atoms with E-state index < -0.39 is 0 Å². The molecule has 0 saturated heterocycles. The topological polar surface area (TPSA) is 66.9 Å². The Hall–Kier alpha value is -2.43. The SMILES string of the molecule is CCC(C)NC(=O)c1cc(NCc2cccc(C)c2)nc(C)n1. The fourth-order valence-corrected chi connectivity index (χ4v) is 2.19. The van der Waals surface area contributed by atoms with Crippen LogP contribution in [0.25, 0.3) is 0 Å². The molecule has 2 aromatic rings. The first-order valence-electron chi connectivity index (χ1n) is 7.94. The summed E-state index contributed by atoms with van der Waals surface area (Å²) >= 11 is 0. The van der Waals surface area contributed by atoms with Gasteiger partial charge in [0.05, 0.1) is 0 Å². The summed E-state index contributed by atoms with van der Waals surface area (Å²) < 4.78 is 0. The Balaban J connectivity index is 2.09. The molecule has 1 aromatic heterocycles. The standard InChI is InChI=1S/C18H24N4O/c1-5-13(3)20-18(23)16-10-17(22-14(4)21-16)19-11-15-8-6-7-12(2)9-15/h6-10,13H,5,11H2,1-4H3,(H,20,23)(H,19,21,22). The summed E-state index contributed by atoms with van der Waals surface area (Å²) in [6.07, 6.45) is 0.883. The van der Waals surface area contributed by atoms with Crippen LogP contribution in [0.4, 0.5) is 5.82 Å². The van der Waals surface area contributed by atoms with Gasteiger partial charge in [0.25, 0.3) is 5.91 Å². The first-order valence-corrected chi connectivity index (χ1v) is 7.94. The minimum atomic E-state index is -0.163. The van der Waals surface area contributed by atoms with E-state index in [0.717, 1.165) is 6.42 Å². The summed E-state index contributed by atoms with van der Waals surface area (Å²) in [4.78, 5) is 20.8. The van der Waals surface area contributed by atoms with Crippen LogP contribution in [0, 0.1) is 13.8 Å². The molecular formula is C18H24N4O. The number of anilines is 1. The Bertz CT molecular complexity index is 684. The molecule has 1 unspecified atom stereocenters. The zero-order valence-electron chi connectivity index (χ0n) is 14.2. The smallest absolute Gasteiger partial charge is 0.270 e. The Morgan fingerprint density at radius 1 is 1.22 bits per heavy atom. The molecule has 122 valence electrons. The minimum Gasteiger partial charge on any atom is -0.366 e. The molecule has 0 fully saturated rings. The molecule has 2 rings (SSSR count). The van der Waals surface area contributed by atoms with E-state index in [1.807, 2.05) is 19.9 Å². The number of nitrogens with one attached hydrogen (secondary N) is 2.